The Balaban J connectivity index is 1.02. The lowest BCUT2D eigenvalue weighted by Crippen LogP contribution is -2.28. The molecule has 2 aliphatic rings. The van der Waals surface area contributed by atoms with Crippen LogP contribution in [0.5, 0.6) is 0 Å². The van der Waals surface area contributed by atoms with Gasteiger partial charge < -0.3 is 4.42 Å². The highest BCUT2D eigenvalue weighted by molar-refractivity contribution is 6.06. The van der Waals surface area contributed by atoms with E-state index in [4.69, 9.17) is 19.4 Å². The highest BCUT2D eigenvalue weighted by Gasteiger charge is 2.45. The molecule has 4 nitrogen and oxygen atoms in total. The van der Waals surface area contributed by atoms with Crippen molar-refractivity contribution in [2.45, 2.75) is 37.5 Å². The molecule has 55 heavy (non-hydrogen) atoms. The van der Waals surface area contributed by atoms with Crippen LogP contribution in [-0.4, -0.2) is 15.0 Å². The van der Waals surface area contributed by atoms with Crippen molar-refractivity contribution in [3.05, 3.63) is 175 Å². The quantitative estimate of drug-likeness (QED) is 0.179. The van der Waals surface area contributed by atoms with E-state index in [9.17, 15) is 0 Å². The van der Waals surface area contributed by atoms with Crippen LogP contribution in [0, 0.1) is 0 Å². The normalized spacial score (nSPS) is 14.3. The van der Waals surface area contributed by atoms with E-state index in [-0.39, 0.29) is 5.41 Å². The molecule has 0 saturated heterocycles. The molecule has 1 saturated carbocycles. The predicted octanol–water partition coefficient (Wildman–Crippen LogP) is 13.3. The van der Waals surface area contributed by atoms with Crippen molar-refractivity contribution in [2.75, 3.05) is 0 Å². The van der Waals surface area contributed by atoms with E-state index in [1.54, 1.807) is 0 Å². The first-order chi connectivity index (χ1) is 27.2. The van der Waals surface area contributed by atoms with Gasteiger partial charge in [-0.05, 0) is 93.7 Å². The second kappa shape index (κ2) is 12.7. The molecule has 262 valence electrons. The van der Waals surface area contributed by atoms with Gasteiger partial charge in [0.2, 0.25) is 0 Å². The number of benzene rings is 7. The molecule has 2 aliphatic carbocycles. The van der Waals surface area contributed by atoms with Gasteiger partial charge in [-0.1, -0.05) is 147 Å². The van der Waals surface area contributed by atoms with Crippen LogP contribution in [0.25, 0.3) is 89.5 Å². The predicted molar refractivity (Wildman–Crippen MR) is 224 cm³/mol. The van der Waals surface area contributed by atoms with Crippen molar-refractivity contribution >= 4 is 21.9 Å². The lowest BCUT2D eigenvalue weighted by atomic mass is 9.66. The summed E-state index contributed by atoms with van der Waals surface area (Å²) in [5.41, 5.74) is 15.3. The Morgan fingerprint density at radius 1 is 0.382 bits per heavy atom. The fourth-order valence-electron chi connectivity index (χ4n) is 9.40. The van der Waals surface area contributed by atoms with Crippen molar-refractivity contribution in [1.29, 1.82) is 0 Å². The third kappa shape index (κ3) is 5.24. The molecule has 0 aliphatic heterocycles. The van der Waals surface area contributed by atoms with E-state index in [1.807, 2.05) is 60.7 Å². The van der Waals surface area contributed by atoms with Crippen molar-refractivity contribution in [3.8, 4) is 67.5 Å². The summed E-state index contributed by atoms with van der Waals surface area (Å²) < 4.78 is 6.13. The molecule has 1 fully saturated rings. The molecule has 0 unspecified atom stereocenters. The van der Waals surface area contributed by atoms with Gasteiger partial charge >= 0.3 is 0 Å². The molecule has 11 rings (SSSR count). The summed E-state index contributed by atoms with van der Waals surface area (Å²) in [6.07, 6.45) is 6.28. The molecular formula is C51H37N3O. The van der Waals surface area contributed by atoms with Crippen LogP contribution in [0.1, 0.15) is 43.2 Å². The Labute approximate surface area is 320 Å². The van der Waals surface area contributed by atoms with Crippen LogP contribution in [-0.2, 0) is 5.41 Å². The third-order valence-electron chi connectivity index (χ3n) is 11.9. The molecule has 0 N–H and O–H groups in total. The minimum Gasteiger partial charge on any atom is -0.456 e. The number of rotatable bonds is 5. The molecule has 0 atom stereocenters. The van der Waals surface area contributed by atoms with E-state index in [0.29, 0.717) is 17.5 Å². The number of aromatic nitrogens is 3. The van der Waals surface area contributed by atoms with Gasteiger partial charge in [-0.2, -0.15) is 0 Å². The molecule has 9 aromatic rings. The maximum absolute atomic E-state index is 6.13. The smallest absolute Gasteiger partial charge is 0.164 e. The van der Waals surface area contributed by atoms with Gasteiger partial charge in [0, 0.05) is 32.9 Å². The molecule has 0 amide bonds. The van der Waals surface area contributed by atoms with E-state index >= 15 is 0 Å². The number of hydrogen-bond acceptors (Lipinski definition) is 4. The monoisotopic (exact) mass is 707 g/mol. The van der Waals surface area contributed by atoms with Gasteiger partial charge in [-0.25, -0.2) is 15.0 Å². The minimum absolute atomic E-state index is 0.0821. The van der Waals surface area contributed by atoms with Gasteiger partial charge in [-0.3, -0.25) is 0 Å². The molecule has 0 radical (unpaired) electrons. The summed E-state index contributed by atoms with van der Waals surface area (Å²) in [7, 11) is 0. The van der Waals surface area contributed by atoms with E-state index in [1.165, 1.54) is 71.0 Å². The van der Waals surface area contributed by atoms with Gasteiger partial charge in [0.25, 0.3) is 0 Å². The summed E-state index contributed by atoms with van der Waals surface area (Å²) in [6.45, 7) is 0. The second-order valence-corrected chi connectivity index (χ2v) is 15.1. The Kier molecular flexibility index (Phi) is 7.38. The SMILES string of the molecule is c1ccc(-c2nc(-c3cccc(-c4cccc(-c5cccc6c5C5(CCCCC5)c5ccccc5-6)c4)c3)nc(-c3ccc4oc5ccccc5c4c3)n2)cc1. The van der Waals surface area contributed by atoms with Crippen molar-refractivity contribution in [3.63, 3.8) is 0 Å². The Bertz CT molecular complexity index is 2920. The zero-order chi connectivity index (χ0) is 36.3. The van der Waals surface area contributed by atoms with Crippen LogP contribution in [0.15, 0.2) is 168 Å². The van der Waals surface area contributed by atoms with Gasteiger partial charge in [0.05, 0.1) is 0 Å². The summed E-state index contributed by atoms with van der Waals surface area (Å²) in [6, 6.07) is 58.3. The largest absolute Gasteiger partial charge is 0.456 e. The molecule has 0 bridgehead atoms. The van der Waals surface area contributed by atoms with E-state index in [0.717, 1.165) is 44.2 Å². The van der Waals surface area contributed by atoms with E-state index in [2.05, 4.69) is 103 Å². The van der Waals surface area contributed by atoms with Gasteiger partial charge in [0.15, 0.2) is 17.5 Å². The van der Waals surface area contributed by atoms with Crippen LogP contribution < -0.4 is 0 Å². The molecule has 1 spiro atoms. The molecule has 2 heterocycles. The second-order valence-electron chi connectivity index (χ2n) is 15.1. The topological polar surface area (TPSA) is 51.8 Å². The lowest BCUT2D eigenvalue weighted by molar-refractivity contribution is 0.353. The molecular weight excluding hydrogens is 671 g/mol. The fraction of sp³-hybridized carbons (Fsp3) is 0.118. The molecule has 2 aromatic heterocycles. The summed E-state index contributed by atoms with van der Waals surface area (Å²) in [5.74, 6) is 1.90. The molecule has 7 aromatic carbocycles. The van der Waals surface area contributed by atoms with Crippen molar-refractivity contribution in [2.24, 2.45) is 0 Å². The maximum Gasteiger partial charge on any atom is 0.164 e. The number of furan rings is 1. The van der Waals surface area contributed by atoms with Crippen LogP contribution in [0.4, 0.5) is 0 Å². The van der Waals surface area contributed by atoms with Gasteiger partial charge in [-0.15, -0.1) is 0 Å². The van der Waals surface area contributed by atoms with Crippen molar-refractivity contribution in [1.82, 2.24) is 15.0 Å². The number of hydrogen-bond donors (Lipinski definition) is 0. The van der Waals surface area contributed by atoms with Crippen LogP contribution in [0.3, 0.4) is 0 Å². The number of nitrogens with zero attached hydrogens (tertiary/aromatic N) is 3. The highest BCUT2D eigenvalue weighted by Crippen LogP contribution is 2.58. The lowest BCUT2D eigenvalue weighted by Gasteiger charge is -2.37. The Morgan fingerprint density at radius 3 is 1.76 bits per heavy atom. The summed E-state index contributed by atoms with van der Waals surface area (Å²) in [5, 5.41) is 2.12. The van der Waals surface area contributed by atoms with E-state index < -0.39 is 0 Å². The highest BCUT2D eigenvalue weighted by atomic mass is 16.3. The van der Waals surface area contributed by atoms with Crippen LogP contribution in [0.2, 0.25) is 0 Å². The van der Waals surface area contributed by atoms with Crippen molar-refractivity contribution < 1.29 is 4.42 Å². The Hall–Kier alpha value is -6.65. The van der Waals surface area contributed by atoms with Gasteiger partial charge in [0.1, 0.15) is 11.2 Å². The maximum atomic E-state index is 6.13. The Morgan fingerprint density at radius 2 is 0.945 bits per heavy atom. The average molecular weight is 708 g/mol. The summed E-state index contributed by atoms with van der Waals surface area (Å²) in [4.78, 5) is 15.2. The number of para-hydroxylation sites is 1. The zero-order valence-corrected chi connectivity index (χ0v) is 30.4. The average Bonchev–Trinajstić information content (AvgIpc) is 3.77. The fourth-order valence-corrected chi connectivity index (χ4v) is 9.40. The molecule has 4 heteroatoms. The summed E-state index contributed by atoms with van der Waals surface area (Å²) >= 11 is 0. The number of fused-ring (bicyclic) bond motifs is 8. The standard InChI is InChI=1S/C51H37N3O/c1-3-14-33(15-4-1)48-52-49(54-50(53-48)38-26-27-46-43(32-38)41-21-6-8-25-45(41)55-46)37-19-12-17-35(31-37)34-16-11-18-36(30-34)39-22-13-23-42-40-20-5-7-24-44(40)51(47(39)42)28-9-2-10-29-51/h1,3-8,11-27,30-32H,2,9-10,28-29H2. The first-order valence-corrected chi connectivity index (χ1v) is 19.4. The minimum atomic E-state index is 0.0821. The first-order valence-electron chi connectivity index (χ1n) is 19.4. The van der Waals surface area contributed by atoms with Crippen LogP contribution >= 0.6 is 0 Å². The first kappa shape index (κ1) is 31.8. The third-order valence-corrected chi connectivity index (χ3v) is 11.9. The zero-order valence-electron chi connectivity index (χ0n) is 30.4.